The monoisotopic (exact) mass is 274 g/mol. The van der Waals surface area contributed by atoms with Crippen LogP contribution in [0.3, 0.4) is 0 Å². The Balaban J connectivity index is 2.56. The molecule has 0 aliphatic heterocycles. The van der Waals surface area contributed by atoms with Crippen molar-refractivity contribution in [1.82, 2.24) is 5.32 Å². The quantitative estimate of drug-likeness (QED) is 0.820. The Morgan fingerprint density at radius 2 is 1.78 bits per heavy atom. The minimum Gasteiger partial charge on any atom is -0.333 e. The molecule has 0 heterocycles. The van der Waals surface area contributed by atoms with Gasteiger partial charge in [0, 0.05) is 16.1 Å². The van der Waals surface area contributed by atoms with Gasteiger partial charge in [0.2, 0.25) is 0 Å². The van der Waals surface area contributed by atoms with Crippen LogP contribution in [0.4, 0.5) is 19.3 Å². The highest BCUT2D eigenvalue weighted by atomic mass is 32.2. The van der Waals surface area contributed by atoms with Gasteiger partial charge in [-0.15, -0.1) is 0 Å². The minimum absolute atomic E-state index is 0.322. The normalized spacial score (nSPS) is 11.4. The molecule has 0 saturated carbocycles. The number of urea groups is 1. The maximum Gasteiger partial charge on any atom is 0.319 e. The molecule has 1 rings (SSSR count). The summed E-state index contributed by atoms with van der Waals surface area (Å²) in [5, 5.41) is 5.37. The fraction of sp³-hybridized carbons (Fsp3) is 0.417. The van der Waals surface area contributed by atoms with Gasteiger partial charge < -0.3 is 10.6 Å². The van der Waals surface area contributed by atoms with E-state index < -0.39 is 5.76 Å². The number of rotatable bonds is 3. The van der Waals surface area contributed by atoms with Crippen LogP contribution in [-0.4, -0.2) is 17.3 Å². The Labute approximate surface area is 109 Å². The smallest absolute Gasteiger partial charge is 0.319 e. The summed E-state index contributed by atoms with van der Waals surface area (Å²) in [5.74, 6) is -2.44. The number of anilines is 1. The average Bonchev–Trinajstić information content (AvgIpc) is 2.17. The van der Waals surface area contributed by atoms with Gasteiger partial charge >= 0.3 is 6.03 Å². The number of nitrogens with one attached hydrogen (secondary N) is 2. The van der Waals surface area contributed by atoms with Gasteiger partial charge in [0.1, 0.15) is 0 Å². The van der Waals surface area contributed by atoms with Gasteiger partial charge in [-0.1, -0.05) is 11.8 Å². The molecule has 6 heteroatoms. The Kier molecular flexibility index (Phi) is 4.95. The number of hydrogen-bond acceptors (Lipinski definition) is 2. The zero-order valence-electron chi connectivity index (χ0n) is 10.5. The molecule has 18 heavy (non-hydrogen) atoms. The topological polar surface area (TPSA) is 41.1 Å². The third-order valence-corrected chi connectivity index (χ3v) is 2.55. The van der Waals surface area contributed by atoms with E-state index in [4.69, 9.17) is 0 Å². The van der Waals surface area contributed by atoms with E-state index in [-0.39, 0.29) is 11.6 Å². The van der Waals surface area contributed by atoms with E-state index in [2.05, 4.69) is 10.6 Å². The fourth-order valence-electron chi connectivity index (χ4n) is 1.22. The number of carbonyl (C=O) groups is 1. The molecule has 0 unspecified atom stereocenters. The van der Waals surface area contributed by atoms with E-state index in [1.807, 2.05) is 20.8 Å². The molecule has 0 aromatic heterocycles. The maximum absolute atomic E-state index is 12.1. The lowest BCUT2D eigenvalue weighted by molar-refractivity contribution is 0.243. The van der Waals surface area contributed by atoms with Crippen LogP contribution >= 0.6 is 11.8 Å². The second-order valence-electron chi connectivity index (χ2n) is 4.73. The Morgan fingerprint density at radius 3 is 2.22 bits per heavy atom. The highest BCUT2D eigenvalue weighted by Crippen LogP contribution is 2.26. The lowest BCUT2D eigenvalue weighted by Crippen LogP contribution is -2.43. The first-order valence-corrected chi connectivity index (χ1v) is 6.28. The molecular formula is C12H16F2N2OS. The average molecular weight is 274 g/mol. The number of amides is 2. The maximum atomic E-state index is 12.1. The highest BCUT2D eigenvalue weighted by molar-refractivity contribution is 7.99. The van der Waals surface area contributed by atoms with E-state index in [1.165, 1.54) is 0 Å². The number of benzene rings is 1. The molecule has 2 amide bonds. The molecule has 0 radical (unpaired) electrons. The summed E-state index contributed by atoms with van der Waals surface area (Å²) in [6.45, 7) is 5.61. The molecule has 3 nitrogen and oxygen atoms in total. The second-order valence-corrected chi connectivity index (χ2v) is 5.80. The molecule has 0 aliphatic rings. The van der Waals surface area contributed by atoms with Crippen molar-refractivity contribution in [3.05, 3.63) is 24.3 Å². The molecule has 0 atom stereocenters. The predicted molar refractivity (Wildman–Crippen MR) is 70.2 cm³/mol. The third-order valence-electron chi connectivity index (χ3n) is 1.83. The van der Waals surface area contributed by atoms with Crippen molar-refractivity contribution >= 4 is 23.5 Å². The first-order chi connectivity index (χ1) is 8.26. The highest BCUT2D eigenvalue weighted by Gasteiger charge is 2.13. The number of alkyl halides is 2. The van der Waals surface area contributed by atoms with Gasteiger partial charge in [-0.3, -0.25) is 0 Å². The number of thioether (sulfide) groups is 1. The van der Waals surface area contributed by atoms with Crippen molar-refractivity contribution in [2.75, 3.05) is 5.32 Å². The van der Waals surface area contributed by atoms with Gasteiger partial charge in [-0.05, 0) is 45.0 Å². The van der Waals surface area contributed by atoms with Gasteiger partial charge in [0.15, 0.2) is 0 Å². The molecule has 100 valence electrons. The lowest BCUT2D eigenvalue weighted by atomic mass is 10.1. The second kappa shape index (κ2) is 6.04. The molecule has 0 spiro atoms. The molecule has 0 saturated heterocycles. The van der Waals surface area contributed by atoms with E-state index in [1.54, 1.807) is 24.3 Å². The number of hydrogen-bond donors (Lipinski definition) is 2. The van der Waals surface area contributed by atoms with Gasteiger partial charge in [-0.2, -0.15) is 8.78 Å². The Bertz CT molecular complexity index is 402. The molecule has 1 aromatic rings. The van der Waals surface area contributed by atoms with Crippen LogP contribution in [0.5, 0.6) is 0 Å². The van der Waals surface area contributed by atoms with Crippen LogP contribution in [-0.2, 0) is 0 Å². The molecule has 0 bridgehead atoms. The summed E-state index contributed by atoms with van der Waals surface area (Å²) in [6.07, 6.45) is 0. The zero-order valence-corrected chi connectivity index (χ0v) is 11.3. The van der Waals surface area contributed by atoms with E-state index >= 15 is 0 Å². The van der Waals surface area contributed by atoms with Crippen molar-refractivity contribution in [3.63, 3.8) is 0 Å². The Morgan fingerprint density at radius 1 is 1.22 bits per heavy atom. The summed E-state index contributed by atoms with van der Waals surface area (Å²) in [7, 11) is 0. The van der Waals surface area contributed by atoms with Crippen LogP contribution in [0.2, 0.25) is 0 Å². The van der Waals surface area contributed by atoms with Crippen LogP contribution < -0.4 is 10.6 Å². The molecule has 0 fully saturated rings. The van der Waals surface area contributed by atoms with Crippen molar-refractivity contribution in [2.45, 2.75) is 37.0 Å². The van der Waals surface area contributed by atoms with Gasteiger partial charge in [0.25, 0.3) is 5.76 Å². The Hall–Kier alpha value is -1.30. The summed E-state index contributed by atoms with van der Waals surface area (Å²) in [4.78, 5) is 12.0. The number of carbonyl (C=O) groups excluding carboxylic acids is 1. The fourth-order valence-corrected chi connectivity index (χ4v) is 1.72. The van der Waals surface area contributed by atoms with Gasteiger partial charge in [-0.25, -0.2) is 4.79 Å². The SMILES string of the molecule is CC(C)(C)NC(=O)Nc1ccc(SC(F)F)cc1. The molecular weight excluding hydrogens is 258 g/mol. The van der Waals surface area contributed by atoms with Crippen molar-refractivity contribution in [2.24, 2.45) is 0 Å². The zero-order chi connectivity index (χ0) is 13.8. The first-order valence-electron chi connectivity index (χ1n) is 5.40. The largest absolute Gasteiger partial charge is 0.333 e. The standard InChI is InChI=1S/C12H16F2N2OS/c1-12(2,3)16-11(17)15-8-4-6-9(7-5-8)18-10(13)14/h4-7,10H,1-3H3,(H2,15,16,17). The van der Waals surface area contributed by atoms with Crippen LogP contribution in [0, 0.1) is 0 Å². The van der Waals surface area contributed by atoms with Crippen LogP contribution in [0.25, 0.3) is 0 Å². The van der Waals surface area contributed by atoms with E-state index in [9.17, 15) is 13.6 Å². The summed E-state index contributed by atoms with van der Waals surface area (Å²) < 4.78 is 24.2. The molecule has 2 N–H and O–H groups in total. The van der Waals surface area contributed by atoms with Crippen LogP contribution in [0.1, 0.15) is 20.8 Å². The van der Waals surface area contributed by atoms with Crippen molar-refractivity contribution in [3.8, 4) is 0 Å². The summed E-state index contributed by atoms with van der Waals surface area (Å²) in [5.41, 5.74) is 0.241. The van der Waals surface area contributed by atoms with Gasteiger partial charge in [0.05, 0.1) is 0 Å². The molecule has 0 aliphatic carbocycles. The summed E-state index contributed by atoms with van der Waals surface area (Å²) in [6, 6.07) is 5.95. The number of halogens is 2. The van der Waals surface area contributed by atoms with Crippen LogP contribution in [0.15, 0.2) is 29.2 Å². The van der Waals surface area contributed by atoms with Crippen molar-refractivity contribution in [1.29, 1.82) is 0 Å². The van der Waals surface area contributed by atoms with E-state index in [0.717, 1.165) is 0 Å². The van der Waals surface area contributed by atoms with Crippen molar-refractivity contribution < 1.29 is 13.6 Å². The predicted octanol–water partition coefficient (Wildman–Crippen LogP) is 3.92. The third kappa shape index (κ3) is 5.86. The lowest BCUT2D eigenvalue weighted by Gasteiger charge is -2.20. The summed E-state index contributed by atoms with van der Waals surface area (Å²) >= 11 is 0.474. The minimum atomic E-state index is -2.44. The van der Waals surface area contributed by atoms with E-state index in [0.29, 0.717) is 22.3 Å². The first kappa shape index (κ1) is 14.8. The molecule has 1 aromatic carbocycles.